The van der Waals surface area contributed by atoms with Crippen LogP contribution in [0.2, 0.25) is 0 Å². The molecule has 0 bridgehead atoms. The molecule has 0 amide bonds. The fourth-order valence-corrected chi connectivity index (χ4v) is 9.74. The molecule has 0 fully saturated rings. The highest BCUT2D eigenvalue weighted by Gasteiger charge is 2.19. The van der Waals surface area contributed by atoms with E-state index < -0.39 is 6.10 Å². The molecular formula is C70H126O6. The van der Waals surface area contributed by atoms with Crippen molar-refractivity contribution in [1.82, 2.24) is 0 Å². The van der Waals surface area contributed by atoms with Gasteiger partial charge in [0.15, 0.2) is 6.10 Å². The lowest BCUT2D eigenvalue weighted by atomic mass is 10.0. The molecule has 6 nitrogen and oxygen atoms in total. The van der Waals surface area contributed by atoms with E-state index in [1.54, 1.807) is 0 Å². The molecule has 0 saturated carbocycles. The Morgan fingerprint density at radius 1 is 0.276 bits per heavy atom. The van der Waals surface area contributed by atoms with Crippen LogP contribution >= 0.6 is 0 Å². The Labute approximate surface area is 472 Å². The molecule has 0 aliphatic rings. The Balaban J connectivity index is 4.24. The summed E-state index contributed by atoms with van der Waals surface area (Å²) >= 11 is 0. The van der Waals surface area contributed by atoms with E-state index in [1.165, 1.54) is 225 Å². The summed E-state index contributed by atoms with van der Waals surface area (Å²) in [5.41, 5.74) is 0. The van der Waals surface area contributed by atoms with Crippen LogP contribution in [0.25, 0.3) is 0 Å². The number of ether oxygens (including phenoxy) is 3. The quantitative estimate of drug-likeness (QED) is 0.0261. The Hall–Kier alpha value is -2.89. The maximum absolute atomic E-state index is 12.9. The van der Waals surface area contributed by atoms with E-state index in [0.29, 0.717) is 19.3 Å². The van der Waals surface area contributed by atoms with E-state index in [0.717, 1.165) is 83.5 Å². The number of carbonyl (C=O) groups excluding carboxylic acids is 3. The average molecular weight is 1060 g/mol. The van der Waals surface area contributed by atoms with Crippen LogP contribution in [0.3, 0.4) is 0 Å². The molecule has 0 aromatic carbocycles. The van der Waals surface area contributed by atoms with Gasteiger partial charge in [0.05, 0.1) is 0 Å². The average Bonchev–Trinajstić information content (AvgIpc) is 3.42. The van der Waals surface area contributed by atoms with Crippen molar-refractivity contribution in [2.45, 2.75) is 354 Å². The largest absolute Gasteiger partial charge is 0.462 e. The zero-order valence-electron chi connectivity index (χ0n) is 50.8. The second kappa shape index (κ2) is 64.6. The van der Waals surface area contributed by atoms with Gasteiger partial charge in [-0.2, -0.15) is 0 Å². The van der Waals surface area contributed by atoms with E-state index in [4.69, 9.17) is 14.2 Å². The van der Waals surface area contributed by atoms with Crippen LogP contribution in [0.5, 0.6) is 0 Å². The molecule has 0 N–H and O–H groups in total. The van der Waals surface area contributed by atoms with Crippen molar-refractivity contribution >= 4 is 17.9 Å². The SMILES string of the molecule is CC/C=C\C/C=C\C/C=C\CCCCCC(=O)OCC(COC(=O)CCCCCCCCCCCCCCCCC/C=C\CCCCCCCCCC)OC(=O)CCCCCCCCC/C=C\CCCCCCCCC. The van der Waals surface area contributed by atoms with Crippen LogP contribution < -0.4 is 0 Å². The predicted octanol–water partition coefficient (Wildman–Crippen LogP) is 22.7. The summed E-state index contributed by atoms with van der Waals surface area (Å²) in [6.45, 7) is 6.54. The van der Waals surface area contributed by atoms with E-state index in [-0.39, 0.29) is 31.1 Å². The van der Waals surface area contributed by atoms with Crippen LogP contribution in [0.1, 0.15) is 348 Å². The molecule has 0 saturated heterocycles. The predicted molar refractivity (Wildman–Crippen MR) is 330 cm³/mol. The summed E-state index contributed by atoms with van der Waals surface area (Å²) in [6, 6.07) is 0. The number of allylic oxidation sites excluding steroid dienone is 10. The summed E-state index contributed by atoms with van der Waals surface area (Å²) in [4.78, 5) is 38.3. The first-order valence-electron chi connectivity index (χ1n) is 33.3. The van der Waals surface area contributed by atoms with Crippen LogP contribution in [0.15, 0.2) is 60.8 Å². The molecule has 0 rings (SSSR count). The molecule has 76 heavy (non-hydrogen) atoms. The Morgan fingerprint density at radius 3 is 0.829 bits per heavy atom. The van der Waals surface area contributed by atoms with Gasteiger partial charge in [0.1, 0.15) is 13.2 Å². The summed E-state index contributed by atoms with van der Waals surface area (Å²) in [6.07, 6.45) is 82.5. The summed E-state index contributed by atoms with van der Waals surface area (Å²) < 4.78 is 16.9. The van der Waals surface area contributed by atoms with Crippen molar-refractivity contribution in [3.05, 3.63) is 60.8 Å². The fraction of sp³-hybridized carbons (Fsp3) is 0.814. The molecule has 0 spiro atoms. The van der Waals surface area contributed by atoms with Gasteiger partial charge in [-0.3, -0.25) is 14.4 Å². The molecule has 1 unspecified atom stereocenters. The highest BCUT2D eigenvalue weighted by molar-refractivity contribution is 5.71. The lowest BCUT2D eigenvalue weighted by Crippen LogP contribution is -2.30. The van der Waals surface area contributed by atoms with Crippen LogP contribution in [0, 0.1) is 0 Å². The standard InChI is InChI=1S/C70H126O6/c1-4-7-10-13-16-19-22-25-27-29-31-32-33-34-35-36-37-38-39-41-42-45-48-51-54-57-60-63-69(72)75-66-67(65-74-68(71)62-59-56-53-50-47-44-24-21-18-15-12-9-6-3)76-70(73)64-61-58-55-52-49-46-43-40-30-28-26-23-20-17-14-11-8-5-2/h9,12,18,21,28-31,44,47,67H,4-8,10-11,13-17,19-20,22-27,32-43,45-46,48-66H2,1-3H3/b12-9-,21-18-,30-28-,31-29-,47-44-. The Bertz CT molecular complexity index is 1360. The van der Waals surface area contributed by atoms with Crippen molar-refractivity contribution in [2.24, 2.45) is 0 Å². The van der Waals surface area contributed by atoms with Gasteiger partial charge < -0.3 is 14.2 Å². The summed E-state index contributed by atoms with van der Waals surface area (Å²) in [7, 11) is 0. The van der Waals surface area contributed by atoms with Gasteiger partial charge in [0.25, 0.3) is 0 Å². The van der Waals surface area contributed by atoms with Crippen molar-refractivity contribution in [2.75, 3.05) is 13.2 Å². The van der Waals surface area contributed by atoms with E-state index in [2.05, 4.69) is 81.5 Å². The molecule has 442 valence electrons. The van der Waals surface area contributed by atoms with Gasteiger partial charge in [0.2, 0.25) is 0 Å². The molecule has 1 atom stereocenters. The number of rotatable bonds is 61. The third kappa shape index (κ3) is 62.0. The monoisotopic (exact) mass is 1060 g/mol. The number of hydrogen-bond donors (Lipinski definition) is 0. The normalized spacial score (nSPS) is 12.4. The van der Waals surface area contributed by atoms with Crippen LogP contribution in [-0.4, -0.2) is 37.2 Å². The van der Waals surface area contributed by atoms with Crippen molar-refractivity contribution in [1.29, 1.82) is 0 Å². The van der Waals surface area contributed by atoms with Gasteiger partial charge in [-0.25, -0.2) is 0 Å². The van der Waals surface area contributed by atoms with E-state index in [9.17, 15) is 14.4 Å². The lowest BCUT2D eigenvalue weighted by Gasteiger charge is -2.18. The zero-order chi connectivity index (χ0) is 55.0. The molecule has 0 aliphatic heterocycles. The summed E-state index contributed by atoms with van der Waals surface area (Å²) in [5, 5.41) is 0. The smallest absolute Gasteiger partial charge is 0.306 e. The second-order valence-corrected chi connectivity index (χ2v) is 22.3. The van der Waals surface area contributed by atoms with E-state index in [1.807, 2.05) is 0 Å². The number of unbranched alkanes of at least 4 members (excludes halogenated alkanes) is 40. The lowest BCUT2D eigenvalue weighted by molar-refractivity contribution is -0.167. The minimum Gasteiger partial charge on any atom is -0.462 e. The molecule has 0 aromatic heterocycles. The maximum Gasteiger partial charge on any atom is 0.306 e. The number of carbonyl (C=O) groups is 3. The molecule has 0 radical (unpaired) electrons. The van der Waals surface area contributed by atoms with Crippen LogP contribution in [-0.2, 0) is 28.6 Å². The van der Waals surface area contributed by atoms with Crippen molar-refractivity contribution in [3.63, 3.8) is 0 Å². The first-order valence-corrected chi connectivity index (χ1v) is 33.3. The minimum atomic E-state index is -0.788. The van der Waals surface area contributed by atoms with Gasteiger partial charge in [-0.15, -0.1) is 0 Å². The number of hydrogen-bond acceptors (Lipinski definition) is 6. The van der Waals surface area contributed by atoms with Crippen molar-refractivity contribution < 1.29 is 28.6 Å². The molecule has 6 heteroatoms. The number of esters is 3. The first kappa shape index (κ1) is 73.1. The molecule has 0 aliphatic carbocycles. The topological polar surface area (TPSA) is 78.9 Å². The Kier molecular flexibility index (Phi) is 62.2. The third-order valence-corrected chi connectivity index (χ3v) is 14.7. The summed E-state index contributed by atoms with van der Waals surface area (Å²) in [5.74, 6) is -0.900. The molecule has 0 heterocycles. The molecule has 0 aromatic rings. The second-order valence-electron chi connectivity index (χ2n) is 22.3. The fourth-order valence-electron chi connectivity index (χ4n) is 9.74. The van der Waals surface area contributed by atoms with Gasteiger partial charge in [-0.1, -0.05) is 287 Å². The van der Waals surface area contributed by atoms with E-state index >= 15 is 0 Å². The van der Waals surface area contributed by atoms with Gasteiger partial charge >= 0.3 is 17.9 Å². The zero-order valence-corrected chi connectivity index (χ0v) is 50.8. The minimum absolute atomic E-state index is 0.0829. The van der Waals surface area contributed by atoms with Crippen molar-refractivity contribution in [3.8, 4) is 0 Å². The highest BCUT2D eigenvalue weighted by Crippen LogP contribution is 2.17. The first-order chi connectivity index (χ1) is 37.5. The Morgan fingerprint density at radius 2 is 0.513 bits per heavy atom. The molecular weight excluding hydrogens is 937 g/mol. The van der Waals surface area contributed by atoms with Crippen LogP contribution in [0.4, 0.5) is 0 Å². The van der Waals surface area contributed by atoms with Gasteiger partial charge in [-0.05, 0) is 103 Å². The van der Waals surface area contributed by atoms with Gasteiger partial charge in [0, 0.05) is 19.3 Å². The third-order valence-electron chi connectivity index (χ3n) is 14.7. The highest BCUT2D eigenvalue weighted by atomic mass is 16.6. The maximum atomic E-state index is 12.9.